The Kier molecular flexibility index (Phi) is 6.18. The molecule has 3 aromatic rings. The number of non-ortho nitro benzene ring substituents is 1. The summed E-state index contributed by atoms with van der Waals surface area (Å²) in [6.45, 7) is 3.74. The lowest BCUT2D eigenvalue weighted by atomic mass is 9.91. The molecule has 2 aromatic carbocycles. The van der Waals surface area contributed by atoms with Crippen molar-refractivity contribution in [2.75, 3.05) is 25.5 Å². The number of carbonyl (C=O) groups excluding carboxylic acids is 1. The number of benzene rings is 2. The molecule has 166 valence electrons. The van der Waals surface area contributed by atoms with E-state index in [0.29, 0.717) is 11.3 Å². The minimum Gasteiger partial charge on any atom is -0.495 e. The number of rotatable bonds is 6. The first-order valence-corrected chi connectivity index (χ1v) is 10.5. The lowest BCUT2D eigenvalue weighted by Crippen LogP contribution is -2.29. The Morgan fingerprint density at radius 3 is 2.72 bits per heavy atom. The van der Waals surface area contributed by atoms with Gasteiger partial charge in [-0.15, -0.1) is 0 Å². The maximum absolute atomic E-state index is 13.3. The van der Waals surface area contributed by atoms with Crippen LogP contribution in [0.4, 0.5) is 11.4 Å². The number of piperidine rings is 1. The second-order valence-corrected chi connectivity index (χ2v) is 7.81. The first kappa shape index (κ1) is 21.5. The van der Waals surface area contributed by atoms with Gasteiger partial charge in [-0.2, -0.15) is 5.10 Å². The van der Waals surface area contributed by atoms with Crippen LogP contribution < -0.4 is 15.4 Å². The average molecular weight is 435 g/mol. The Morgan fingerprint density at radius 1 is 1.25 bits per heavy atom. The summed E-state index contributed by atoms with van der Waals surface area (Å²) in [5.41, 5.74) is 3.40. The van der Waals surface area contributed by atoms with Gasteiger partial charge >= 0.3 is 0 Å². The van der Waals surface area contributed by atoms with Gasteiger partial charge in [0.05, 0.1) is 40.9 Å². The van der Waals surface area contributed by atoms with Crippen molar-refractivity contribution in [2.45, 2.75) is 25.7 Å². The van der Waals surface area contributed by atoms with Crippen LogP contribution >= 0.6 is 0 Å². The van der Waals surface area contributed by atoms with Gasteiger partial charge < -0.3 is 15.4 Å². The summed E-state index contributed by atoms with van der Waals surface area (Å²) in [6.07, 6.45) is 3.34. The molecule has 0 atom stereocenters. The van der Waals surface area contributed by atoms with E-state index in [1.807, 2.05) is 35.9 Å². The van der Waals surface area contributed by atoms with Gasteiger partial charge in [0, 0.05) is 18.1 Å². The smallest absolute Gasteiger partial charge is 0.271 e. The van der Waals surface area contributed by atoms with Gasteiger partial charge in [0.2, 0.25) is 0 Å². The van der Waals surface area contributed by atoms with E-state index >= 15 is 0 Å². The highest BCUT2D eigenvalue weighted by Gasteiger charge is 2.27. The minimum absolute atomic E-state index is 0.130. The lowest BCUT2D eigenvalue weighted by Gasteiger charge is -2.25. The van der Waals surface area contributed by atoms with Crippen LogP contribution in [0.2, 0.25) is 0 Å². The van der Waals surface area contributed by atoms with Gasteiger partial charge in [0.1, 0.15) is 5.75 Å². The van der Waals surface area contributed by atoms with Crippen LogP contribution in [0.25, 0.3) is 5.69 Å². The fourth-order valence-electron chi connectivity index (χ4n) is 4.08. The number of nitrogens with one attached hydrogen (secondary N) is 2. The quantitative estimate of drug-likeness (QED) is 0.450. The van der Waals surface area contributed by atoms with E-state index in [2.05, 4.69) is 15.7 Å². The van der Waals surface area contributed by atoms with Crippen LogP contribution in [0.3, 0.4) is 0 Å². The van der Waals surface area contributed by atoms with Gasteiger partial charge in [-0.05, 0) is 56.6 Å². The number of amides is 1. The van der Waals surface area contributed by atoms with E-state index in [9.17, 15) is 14.9 Å². The molecular weight excluding hydrogens is 410 g/mol. The highest BCUT2D eigenvalue weighted by atomic mass is 16.6. The predicted octanol–water partition coefficient (Wildman–Crippen LogP) is 3.82. The summed E-state index contributed by atoms with van der Waals surface area (Å²) >= 11 is 0. The van der Waals surface area contributed by atoms with Crippen LogP contribution in [-0.2, 0) is 0 Å². The molecule has 0 saturated carbocycles. The number of nitrogens with zero attached hydrogens (tertiary/aromatic N) is 3. The molecule has 1 aliphatic rings. The molecule has 2 heterocycles. The number of anilines is 1. The molecule has 0 bridgehead atoms. The van der Waals surface area contributed by atoms with Crippen molar-refractivity contribution in [1.82, 2.24) is 15.1 Å². The third kappa shape index (κ3) is 4.33. The van der Waals surface area contributed by atoms with E-state index in [4.69, 9.17) is 4.74 Å². The van der Waals surface area contributed by atoms with Crippen molar-refractivity contribution in [3.05, 3.63) is 75.6 Å². The molecular formula is C23H25N5O4. The number of hydrogen-bond acceptors (Lipinski definition) is 6. The molecule has 9 nitrogen and oxygen atoms in total. The van der Waals surface area contributed by atoms with Crippen molar-refractivity contribution in [1.29, 1.82) is 0 Å². The molecule has 0 aliphatic carbocycles. The summed E-state index contributed by atoms with van der Waals surface area (Å²) in [6, 6.07) is 12.1. The van der Waals surface area contributed by atoms with Crippen LogP contribution in [0, 0.1) is 17.0 Å². The average Bonchev–Trinajstić information content (AvgIpc) is 3.25. The maximum atomic E-state index is 13.3. The van der Waals surface area contributed by atoms with Gasteiger partial charge in [-0.1, -0.05) is 12.1 Å². The Bertz CT molecular complexity index is 1150. The van der Waals surface area contributed by atoms with Crippen LogP contribution in [0.5, 0.6) is 5.75 Å². The van der Waals surface area contributed by atoms with E-state index < -0.39 is 4.92 Å². The zero-order chi connectivity index (χ0) is 22.7. The van der Waals surface area contributed by atoms with Crippen molar-refractivity contribution in [3.8, 4) is 11.4 Å². The van der Waals surface area contributed by atoms with E-state index in [-0.39, 0.29) is 23.2 Å². The number of hydrogen-bond donors (Lipinski definition) is 2. The Morgan fingerprint density at radius 2 is 2.03 bits per heavy atom. The Labute approximate surface area is 185 Å². The highest BCUT2D eigenvalue weighted by molar-refractivity contribution is 6.06. The summed E-state index contributed by atoms with van der Waals surface area (Å²) in [5.74, 6) is 0.127. The van der Waals surface area contributed by atoms with Gasteiger partial charge in [-0.25, -0.2) is 4.68 Å². The van der Waals surface area contributed by atoms with Gasteiger partial charge in [0.15, 0.2) is 0 Å². The van der Waals surface area contributed by atoms with Gasteiger partial charge in [0.25, 0.3) is 11.6 Å². The normalized spacial score (nSPS) is 14.2. The first-order valence-electron chi connectivity index (χ1n) is 10.5. The van der Waals surface area contributed by atoms with Crippen LogP contribution in [0.1, 0.15) is 40.4 Å². The molecule has 1 aromatic heterocycles. The monoisotopic (exact) mass is 435 g/mol. The molecule has 1 fully saturated rings. The van der Waals surface area contributed by atoms with E-state index in [1.54, 1.807) is 6.20 Å². The number of nitro groups is 1. The molecule has 0 spiro atoms. The van der Waals surface area contributed by atoms with E-state index in [1.165, 1.54) is 25.3 Å². The molecule has 1 saturated heterocycles. The second-order valence-electron chi connectivity index (χ2n) is 7.81. The summed E-state index contributed by atoms with van der Waals surface area (Å²) in [7, 11) is 1.45. The number of carbonyl (C=O) groups is 1. The summed E-state index contributed by atoms with van der Waals surface area (Å²) in [5, 5.41) is 21.9. The third-order valence-corrected chi connectivity index (χ3v) is 5.67. The fourth-order valence-corrected chi connectivity index (χ4v) is 4.08. The number of ether oxygens (including phenoxy) is 1. The van der Waals surface area contributed by atoms with Crippen molar-refractivity contribution in [2.24, 2.45) is 0 Å². The van der Waals surface area contributed by atoms with Gasteiger partial charge in [-0.3, -0.25) is 14.9 Å². The number of aryl methyl sites for hydroxylation is 1. The summed E-state index contributed by atoms with van der Waals surface area (Å²) < 4.78 is 7.12. The molecule has 32 heavy (non-hydrogen) atoms. The predicted molar refractivity (Wildman–Crippen MR) is 121 cm³/mol. The SMILES string of the molecule is COc1ccc([N+](=O)[O-])cc1NC(=O)c1cnn(-c2cccc(C)c2)c1C1CCNCC1. The Hall–Kier alpha value is -3.72. The maximum Gasteiger partial charge on any atom is 0.271 e. The second kappa shape index (κ2) is 9.19. The van der Waals surface area contributed by atoms with Crippen molar-refractivity contribution >= 4 is 17.3 Å². The third-order valence-electron chi connectivity index (χ3n) is 5.67. The molecule has 0 unspecified atom stereocenters. The van der Waals surface area contributed by atoms with E-state index in [0.717, 1.165) is 42.9 Å². The molecule has 1 amide bonds. The minimum atomic E-state index is -0.509. The molecule has 4 rings (SSSR count). The Balaban J connectivity index is 1.74. The number of nitro benzene ring substituents is 1. The number of aromatic nitrogens is 2. The van der Waals surface area contributed by atoms with Crippen molar-refractivity contribution in [3.63, 3.8) is 0 Å². The van der Waals surface area contributed by atoms with Crippen LogP contribution in [-0.4, -0.2) is 40.8 Å². The largest absolute Gasteiger partial charge is 0.495 e. The molecule has 9 heteroatoms. The summed E-state index contributed by atoms with van der Waals surface area (Å²) in [4.78, 5) is 24.0. The zero-order valence-corrected chi connectivity index (χ0v) is 18.0. The zero-order valence-electron chi connectivity index (χ0n) is 18.0. The molecule has 1 aliphatic heterocycles. The first-order chi connectivity index (χ1) is 15.5. The van der Waals surface area contributed by atoms with Crippen molar-refractivity contribution < 1.29 is 14.5 Å². The van der Waals surface area contributed by atoms with Crippen LogP contribution in [0.15, 0.2) is 48.7 Å². The fraction of sp³-hybridized carbons (Fsp3) is 0.304. The standard InChI is InChI=1S/C23H25N5O4/c1-15-4-3-5-17(12-15)27-22(16-8-10-24-11-9-16)19(14-25-27)23(29)26-20-13-18(28(30)31)6-7-21(20)32-2/h3-7,12-14,16,24H,8-11H2,1-2H3,(H,26,29). The number of methoxy groups -OCH3 is 1. The molecule has 0 radical (unpaired) electrons. The lowest BCUT2D eigenvalue weighted by molar-refractivity contribution is -0.384. The highest BCUT2D eigenvalue weighted by Crippen LogP contribution is 2.33. The molecule has 2 N–H and O–H groups in total. The topological polar surface area (TPSA) is 111 Å².